The van der Waals surface area contributed by atoms with Crippen LogP contribution in [0.5, 0.6) is 0 Å². The standard InChI is InChI=1S/C17H11FN2/c18-15-8-4-10-17(14(15)11-19)20-16-9-3-6-12-5-1-2-7-13(12)16/h1-10,20H. The zero-order valence-corrected chi connectivity index (χ0v) is 10.6. The summed E-state index contributed by atoms with van der Waals surface area (Å²) >= 11 is 0. The number of nitriles is 1. The van der Waals surface area contributed by atoms with Gasteiger partial charge in [0.25, 0.3) is 0 Å². The fourth-order valence-electron chi connectivity index (χ4n) is 2.22. The quantitative estimate of drug-likeness (QED) is 0.733. The molecule has 0 aliphatic carbocycles. The van der Waals surface area contributed by atoms with Crippen LogP contribution in [-0.4, -0.2) is 0 Å². The number of hydrogen-bond donors (Lipinski definition) is 1. The molecule has 0 fully saturated rings. The molecule has 0 bridgehead atoms. The number of anilines is 2. The molecule has 2 nitrogen and oxygen atoms in total. The fourth-order valence-corrected chi connectivity index (χ4v) is 2.22. The summed E-state index contributed by atoms with van der Waals surface area (Å²) in [5.41, 5.74) is 1.36. The Morgan fingerprint density at radius 1 is 0.850 bits per heavy atom. The van der Waals surface area contributed by atoms with Crippen molar-refractivity contribution in [3.05, 3.63) is 72.0 Å². The first-order chi connectivity index (χ1) is 9.79. The maximum Gasteiger partial charge on any atom is 0.143 e. The SMILES string of the molecule is N#Cc1c(F)cccc1Nc1cccc2ccccc12. The molecule has 3 rings (SSSR count). The van der Waals surface area contributed by atoms with Crippen LogP contribution in [0.4, 0.5) is 15.8 Å². The second-order valence-electron chi connectivity index (χ2n) is 4.43. The lowest BCUT2D eigenvalue weighted by Crippen LogP contribution is -1.96. The highest BCUT2D eigenvalue weighted by atomic mass is 19.1. The van der Waals surface area contributed by atoms with E-state index < -0.39 is 5.82 Å². The molecule has 20 heavy (non-hydrogen) atoms. The van der Waals surface area contributed by atoms with E-state index >= 15 is 0 Å². The van der Waals surface area contributed by atoms with Crippen LogP contribution in [0.25, 0.3) is 10.8 Å². The number of nitrogens with zero attached hydrogens (tertiary/aromatic N) is 1. The van der Waals surface area contributed by atoms with E-state index in [1.165, 1.54) is 6.07 Å². The first-order valence-electron chi connectivity index (χ1n) is 6.23. The summed E-state index contributed by atoms with van der Waals surface area (Å²) in [6.07, 6.45) is 0. The summed E-state index contributed by atoms with van der Waals surface area (Å²) in [5.74, 6) is -0.516. The third kappa shape index (κ3) is 2.08. The zero-order chi connectivity index (χ0) is 13.9. The van der Waals surface area contributed by atoms with Crippen molar-refractivity contribution in [1.82, 2.24) is 0 Å². The molecule has 0 aromatic heterocycles. The molecule has 3 heteroatoms. The van der Waals surface area contributed by atoms with Gasteiger partial charge in [0.1, 0.15) is 17.4 Å². The Morgan fingerprint density at radius 2 is 1.55 bits per heavy atom. The molecule has 0 spiro atoms. The largest absolute Gasteiger partial charge is 0.354 e. The van der Waals surface area contributed by atoms with Crippen LogP contribution in [0.2, 0.25) is 0 Å². The first-order valence-corrected chi connectivity index (χ1v) is 6.23. The smallest absolute Gasteiger partial charge is 0.143 e. The lowest BCUT2D eigenvalue weighted by atomic mass is 10.1. The molecule has 0 heterocycles. The van der Waals surface area contributed by atoms with E-state index in [2.05, 4.69) is 5.32 Å². The lowest BCUT2D eigenvalue weighted by molar-refractivity contribution is 0.624. The topological polar surface area (TPSA) is 35.8 Å². The van der Waals surface area contributed by atoms with Gasteiger partial charge in [-0.25, -0.2) is 4.39 Å². The number of rotatable bonds is 2. The van der Waals surface area contributed by atoms with Crippen molar-refractivity contribution in [1.29, 1.82) is 5.26 Å². The average molecular weight is 262 g/mol. The molecule has 0 unspecified atom stereocenters. The molecule has 0 saturated carbocycles. The van der Waals surface area contributed by atoms with Crippen LogP contribution in [0.15, 0.2) is 60.7 Å². The first kappa shape index (κ1) is 12.2. The van der Waals surface area contributed by atoms with Gasteiger partial charge in [0, 0.05) is 11.1 Å². The van der Waals surface area contributed by atoms with Crippen molar-refractivity contribution in [2.75, 3.05) is 5.32 Å². The molecule has 3 aromatic carbocycles. The van der Waals surface area contributed by atoms with Gasteiger partial charge in [-0.1, -0.05) is 42.5 Å². The van der Waals surface area contributed by atoms with Crippen LogP contribution in [0, 0.1) is 17.1 Å². The Kier molecular flexibility index (Phi) is 3.06. The van der Waals surface area contributed by atoms with Crippen molar-refractivity contribution >= 4 is 22.1 Å². The maximum atomic E-state index is 13.6. The predicted molar refractivity (Wildman–Crippen MR) is 78.3 cm³/mol. The minimum absolute atomic E-state index is 0.0282. The van der Waals surface area contributed by atoms with E-state index in [0.717, 1.165) is 16.5 Å². The predicted octanol–water partition coefficient (Wildman–Crippen LogP) is 4.59. The van der Waals surface area contributed by atoms with Crippen molar-refractivity contribution in [3.8, 4) is 6.07 Å². The third-order valence-electron chi connectivity index (χ3n) is 3.18. The van der Waals surface area contributed by atoms with Crippen LogP contribution in [-0.2, 0) is 0 Å². The van der Waals surface area contributed by atoms with Crippen LogP contribution in [0.1, 0.15) is 5.56 Å². The number of fused-ring (bicyclic) bond motifs is 1. The minimum Gasteiger partial charge on any atom is -0.354 e. The molecular weight excluding hydrogens is 251 g/mol. The van der Waals surface area contributed by atoms with Gasteiger partial charge in [-0.05, 0) is 23.6 Å². The number of hydrogen-bond acceptors (Lipinski definition) is 2. The number of nitrogens with one attached hydrogen (secondary N) is 1. The third-order valence-corrected chi connectivity index (χ3v) is 3.18. The highest BCUT2D eigenvalue weighted by Crippen LogP contribution is 2.28. The monoisotopic (exact) mass is 262 g/mol. The second-order valence-corrected chi connectivity index (χ2v) is 4.43. The molecule has 0 aliphatic heterocycles. The highest BCUT2D eigenvalue weighted by molar-refractivity contribution is 5.95. The lowest BCUT2D eigenvalue weighted by Gasteiger charge is -2.11. The van der Waals surface area contributed by atoms with Gasteiger partial charge in [0.2, 0.25) is 0 Å². The minimum atomic E-state index is -0.516. The van der Waals surface area contributed by atoms with E-state index in [4.69, 9.17) is 5.26 Å². The van der Waals surface area contributed by atoms with Gasteiger partial charge in [-0.15, -0.1) is 0 Å². The maximum absolute atomic E-state index is 13.6. The Morgan fingerprint density at radius 3 is 2.40 bits per heavy atom. The van der Waals surface area contributed by atoms with Crippen molar-refractivity contribution < 1.29 is 4.39 Å². The van der Waals surface area contributed by atoms with E-state index in [-0.39, 0.29) is 5.56 Å². The van der Waals surface area contributed by atoms with E-state index in [1.54, 1.807) is 12.1 Å². The molecule has 0 radical (unpaired) electrons. The molecule has 0 amide bonds. The summed E-state index contributed by atoms with van der Waals surface area (Å²) in [7, 11) is 0. The van der Waals surface area contributed by atoms with Gasteiger partial charge in [-0.2, -0.15) is 5.26 Å². The number of halogens is 1. The molecule has 1 N–H and O–H groups in total. The normalized spacial score (nSPS) is 10.2. The Labute approximate surface area is 116 Å². The zero-order valence-electron chi connectivity index (χ0n) is 10.6. The van der Waals surface area contributed by atoms with Crippen molar-refractivity contribution in [2.24, 2.45) is 0 Å². The van der Waals surface area contributed by atoms with Crippen LogP contribution < -0.4 is 5.32 Å². The average Bonchev–Trinajstić information content (AvgIpc) is 2.48. The Balaban J connectivity index is 2.11. The molecule has 0 aliphatic rings. The summed E-state index contributed by atoms with van der Waals surface area (Å²) in [4.78, 5) is 0. The van der Waals surface area contributed by atoms with Crippen LogP contribution >= 0.6 is 0 Å². The highest BCUT2D eigenvalue weighted by Gasteiger charge is 2.08. The second kappa shape index (κ2) is 5.02. The van der Waals surface area contributed by atoms with Crippen LogP contribution in [0.3, 0.4) is 0 Å². The number of benzene rings is 3. The molecule has 3 aromatic rings. The van der Waals surface area contributed by atoms with Gasteiger partial charge in [0.15, 0.2) is 0 Å². The summed E-state index contributed by atoms with van der Waals surface area (Å²) < 4.78 is 13.6. The van der Waals surface area contributed by atoms with Gasteiger partial charge in [0.05, 0.1) is 5.69 Å². The summed E-state index contributed by atoms with van der Waals surface area (Å²) in [6, 6.07) is 20.2. The summed E-state index contributed by atoms with van der Waals surface area (Å²) in [6.45, 7) is 0. The van der Waals surface area contributed by atoms with E-state index in [0.29, 0.717) is 5.69 Å². The van der Waals surface area contributed by atoms with Crippen molar-refractivity contribution in [3.63, 3.8) is 0 Å². The Bertz CT molecular complexity index is 813. The van der Waals surface area contributed by atoms with Gasteiger partial charge in [-0.3, -0.25) is 0 Å². The van der Waals surface area contributed by atoms with E-state index in [1.807, 2.05) is 48.5 Å². The van der Waals surface area contributed by atoms with Gasteiger partial charge < -0.3 is 5.32 Å². The molecular formula is C17H11FN2. The van der Waals surface area contributed by atoms with Crippen molar-refractivity contribution in [2.45, 2.75) is 0 Å². The Hall–Kier alpha value is -2.86. The summed E-state index contributed by atoms with van der Waals surface area (Å²) in [5, 5.41) is 14.3. The van der Waals surface area contributed by atoms with Gasteiger partial charge >= 0.3 is 0 Å². The van der Waals surface area contributed by atoms with E-state index in [9.17, 15) is 4.39 Å². The molecule has 0 atom stereocenters. The fraction of sp³-hybridized carbons (Fsp3) is 0. The molecule has 96 valence electrons. The molecule has 0 saturated heterocycles.